The van der Waals surface area contributed by atoms with Crippen molar-refractivity contribution in [1.29, 1.82) is 0 Å². The van der Waals surface area contributed by atoms with E-state index >= 15 is 0 Å². The van der Waals surface area contributed by atoms with Crippen molar-refractivity contribution in [1.82, 2.24) is 0 Å². The summed E-state index contributed by atoms with van der Waals surface area (Å²) in [5.41, 5.74) is 0. The summed E-state index contributed by atoms with van der Waals surface area (Å²) in [5.74, 6) is -1.03. The lowest BCUT2D eigenvalue weighted by Crippen LogP contribution is -2.62. The summed E-state index contributed by atoms with van der Waals surface area (Å²) in [5, 5.41) is 38.0. The van der Waals surface area contributed by atoms with Crippen LogP contribution in [0.25, 0.3) is 0 Å². The summed E-state index contributed by atoms with van der Waals surface area (Å²) in [7, 11) is 0. The standard InChI is InChI=1S/C11H18O7/c1-2-11(3-4-16-11)18-10-9(15)8(14)7(13)6(5-12)17-10/h2,6-10,12-15H,1,3-5H2/t6-,7-,8+,9-,10?,11?/m1/s1. The molecule has 0 aliphatic carbocycles. The Kier molecular flexibility index (Phi) is 4.02. The number of hydrogen-bond donors (Lipinski definition) is 4. The molecule has 2 saturated heterocycles. The highest BCUT2D eigenvalue weighted by molar-refractivity contribution is 4.97. The van der Waals surface area contributed by atoms with E-state index in [0.717, 1.165) is 0 Å². The Morgan fingerprint density at radius 3 is 2.39 bits per heavy atom. The lowest BCUT2D eigenvalue weighted by molar-refractivity contribution is -0.383. The van der Waals surface area contributed by atoms with E-state index in [-0.39, 0.29) is 0 Å². The van der Waals surface area contributed by atoms with Gasteiger partial charge < -0.3 is 34.6 Å². The minimum Gasteiger partial charge on any atom is -0.394 e. The van der Waals surface area contributed by atoms with Crippen LogP contribution >= 0.6 is 0 Å². The maximum atomic E-state index is 9.77. The van der Waals surface area contributed by atoms with Gasteiger partial charge in [-0.05, 0) is 6.08 Å². The fourth-order valence-corrected chi connectivity index (χ4v) is 1.97. The maximum Gasteiger partial charge on any atom is 0.192 e. The molecule has 0 aromatic heterocycles. The molecule has 0 radical (unpaired) electrons. The van der Waals surface area contributed by atoms with Gasteiger partial charge in [0.05, 0.1) is 13.2 Å². The van der Waals surface area contributed by atoms with Gasteiger partial charge in [0.15, 0.2) is 12.1 Å². The van der Waals surface area contributed by atoms with Gasteiger partial charge in [-0.1, -0.05) is 6.58 Å². The van der Waals surface area contributed by atoms with Crippen LogP contribution in [0.3, 0.4) is 0 Å². The van der Waals surface area contributed by atoms with Crippen molar-refractivity contribution in [3.8, 4) is 0 Å². The minimum absolute atomic E-state index is 0.493. The van der Waals surface area contributed by atoms with Gasteiger partial charge in [0.1, 0.15) is 24.4 Å². The molecule has 2 heterocycles. The van der Waals surface area contributed by atoms with Crippen LogP contribution < -0.4 is 0 Å². The smallest absolute Gasteiger partial charge is 0.192 e. The van der Waals surface area contributed by atoms with E-state index in [1.165, 1.54) is 6.08 Å². The largest absolute Gasteiger partial charge is 0.394 e. The second kappa shape index (κ2) is 5.22. The average molecular weight is 262 g/mol. The first-order valence-electron chi connectivity index (χ1n) is 5.79. The van der Waals surface area contributed by atoms with E-state index < -0.39 is 43.1 Å². The van der Waals surface area contributed by atoms with E-state index in [1.807, 2.05) is 0 Å². The second-order valence-corrected chi connectivity index (χ2v) is 4.43. The number of aliphatic hydroxyl groups is 4. The Bertz CT molecular complexity index is 302. The van der Waals surface area contributed by atoms with Crippen molar-refractivity contribution in [3.05, 3.63) is 12.7 Å². The third-order valence-corrected chi connectivity index (χ3v) is 3.27. The van der Waals surface area contributed by atoms with Gasteiger partial charge in [0.2, 0.25) is 0 Å². The molecule has 7 nitrogen and oxygen atoms in total. The molecule has 2 rings (SSSR count). The first-order chi connectivity index (χ1) is 8.53. The zero-order valence-corrected chi connectivity index (χ0v) is 9.81. The highest BCUT2D eigenvalue weighted by Crippen LogP contribution is 2.33. The SMILES string of the molecule is C=CC1(OC2O[C@H](CO)[C@@H](O)[C@H](O)[C@H]2O)CCO1. The molecule has 2 aliphatic heterocycles. The molecule has 2 unspecified atom stereocenters. The van der Waals surface area contributed by atoms with Gasteiger partial charge in [-0.15, -0.1) is 0 Å². The van der Waals surface area contributed by atoms with Crippen LogP contribution in [-0.2, 0) is 14.2 Å². The number of hydrogen-bond acceptors (Lipinski definition) is 7. The van der Waals surface area contributed by atoms with Crippen LogP contribution in [0.4, 0.5) is 0 Å². The van der Waals surface area contributed by atoms with Crippen molar-refractivity contribution in [2.75, 3.05) is 13.2 Å². The Morgan fingerprint density at radius 1 is 1.28 bits per heavy atom. The van der Waals surface area contributed by atoms with Crippen LogP contribution in [-0.4, -0.2) is 70.1 Å². The molecule has 18 heavy (non-hydrogen) atoms. The van der Waals surface area contributed by atoms with E-state index in [4.69, 9.17) is 19.3 Å². The molecule has 4 N–H and O–H groups in total. The Balaban J connectivity index is 2.05. The first kappa shape index (κ1) is 13.9. The lowest BCUT2D eigenvalue weighted by atomic mass is 9.99. The highest BCUT2D eigenvalue weighted by atomic mass is 16.8. The molecule has 0 bridgehead atoms. The fraction of sp³-hybridized carbons (Fsp3) is 0.818. The van der Waals surface area contributed by atoms with Gasteiger partial charge in [0, 0.05) is 6.42 Å². The highest BCUT2D eigenvalue weighted by Gasteiger charge is 2.48. The summed E-state index contributed by atoms with van der Waals surface area (Å²) in [6.07, 6.45) is -4.46. The van der Waals surface area contributed by atoms with Gasteiger partial charge in [-0.2, -0.15) is 0 Å². The number of ether oxygens (including phenoxy) is 3. The zero-order chi connectivity index (χ0) is 13.3. The quantitative estimate of drug-likeness (QED) is 0.438. The minimum atomic E-state index is -1.46. The van der Waals surface area contributed by atoms with Crippen molar-refractivity contribution in [3.63, 3.8) is 0 Å². The fourth-order valence-electron chi connectivity index (χ4n) is 1.97. The second-order valence-electron chi connectivity index (χ2n) is 4.43. The number of aliphatic hydroxyl groups excluding tert-OH is 4. The van der Waals surface area contributed by atoms with Crippen molar-refractivity contribution in [2.24, 2.45) is 0 Å². The van der Waals surface area contributed by atoms with Gasteiger partial charge in [-0.25, -0.2) is 0 Å². The summed E-state index contributed by atoms with van der Waals surface area (Å²) in [6, 6.07) is 0. The van der Waals surface area contributed by atoms with Crippen LogP contribution in [0.15, 0.2) is 12.7 Å². The predicted octanol–water partition coefficient (Wildman–Crippen LogP) is -1.89. The van der Waals surface area contributed by atoms with E-state index in [2.05, 4.69) is 6.58 Å². The Hall–Kier alpha value is -0.540. The summed E-state index contributed by atoms with van der Waals surface area (Å²) >= 11 is 0. The van der Waals surface area contributed by atoms with E-state index in [0.29, 0.717) is 13.0 Å². The normalized spacial score (nSPS) is 48.6. The Morgan fingerprint density at radius 2 is 1.94 bits per heavy atom. The molecule has 0 spiro atoms. The molecule has 2 fully saturated rings. The van der Waals surface area contributed by atoms with Crippen LogP contribution in [0, 0.1) is 0 Å². The topological polar surface area (TPSA) is 109 Å². The monoisotopic (exact) mass is 262 g/mol. The summed E-state index contributed by atoms with van der Waals surface area (Å²) < 4.78 is 15.8. The Labute approximate surface area is 104 Å². The third-order valence-electron chi connectivity index (χ3n) is 3.27. The maximum absolute atomic E-state index is 9.77. The van der Waals surface area contributed by atoms with Crippen molar-refractivity contribution < 1.29 is 34.6 Å². The van der Waals surface area contributed by atoms with Crippen molar-refractivity contribution >= 4 is 0 Å². The first-order valence-corrected chi connectivity index (χ1v) is 5.79. The molecule has 0 saturated carbocycles. The molecule has 6 atom stereocenters. The molecule has 0 amide bonds. The van der Waals surface area contributed by atoms with Gasteiger partial charge in [0.25, 0.3) is 0 Å². The summed E-state index contributed by atoms with van der Waals surface area (Å²) in [4.78, 5) is 0. The van der Waals surface area contributed by atoms with Crippen LogP contribution in [0.2, 0.25) is 0 Å². The molecular weight excluding hydrogens is 244 g/mol. The molecule has 2 aliphatic rings. The van der Waals surface area contributed by atoms with Crippen LogP contribution in [0.5, 0.6) is 0 Å². The van der Waals surface area contributed by atoms with Crippen LogP contribution in [0.1, 0.15) is 6.42 Å². The summed E-state index contributed by atoms with van der Waals surface area (Å²) in [6.45, 7) is 3.58. The number of rotatable bonds is 4. The lowest BCUT2D eigenvalue weighted by Gasteiger charge is -2.46. The third kappa shape index (κ3) is 2.30. The van der Waals surface area contributed by atoms with E-state index in [1.54, 1.807) is 0 Å². The average Bonchev–Trinajstić information content (AvgIpc) is 2.33. The molecular formula is C11H18O7. The van der Waals surface area contributed by atoms with Gasteiger partial charge in [-0.3, -0.25) is 0 Å². The molecule has 7 heteroatoms. The molecule has 104 valence electrons. The molecule has 0 aromatic rings. The van der Waals surface area contributed by atoms with Crippen molar-refractivity contribution in [2.45, 2.75) is 42.9 Å². The predicted molar refractivity (Wildman–Crippen MR) is 58.3 cm³/mol. The van der Waals surface area contributed by atoms with E-state index in [9.17, 15) is 15.3 Å². The van der Waals surface area contributed by atoms with Gasteiger partial charge >= 0.3 is 0 Å². The zero-order valence-electron chi connectivity index (χ0n) is 9.81. The molecule has 0 aromatic carbocycles.